The van der Waals surface area contributed by atoms with Crippen molar-refractivity contribution in [2.24, 2.45) is 0 Å². The first-order chi connectivity index (χ1) is 50.4. The molecular formula is C91H158N4O8. The van der Waals surface area contributed by atoms with Crippen molar-refractivity contribution in [1.82, 2.24) is 19.6 Å². The Morgan fingerprint density at radius 2 is 0.573 bits per heavy atom. The lowest BCUT2D eigenvalue weighted by molar-refractivity contribution is -0.146. The van der Waals surface area contributed by atoms with Crippen LogP contribution in [-0.2, 0) is 19.1 Å². The molecule has 103 heavy (non-hydrogen) atoms. The maximum atomic E-state index is 13.1. The van der Waals surface area contributed by atoms with Crippen molar-refractivity contribution in [2.75, 3.05) is 78.7 Å². The van der Waals surface area contributed by atoms with Gasteiger partial charge in [-0.2, -0.15) is 0 Å². The molecule has 0 spiro atoms. The van der Waals surface area contributed by atoms with E-state index in [9.17, 15) is 30.0 Å². The normalized spacial score (nSPS) is 16.7. The standard InChI is InChI=1S/C91H158N4O8/c1-7-11-15-19-23-27-31-35-39-43-47-51-55-59-66-86(96)80-92(81-87(97)67-60-56-52-48-44-40-36-32-28-24-20-16-12-8-2)72-64-63-70-90(100)102-76-74-94-78-85(6)95(79-84(94)5)75-77-103-91(101)71-65-73-93(82-88(98)68-61-57-53-49-45-41-37-33-29-25-21-17-13-9-3)83-89(99)69-62-58-54-50-46-42-38-34-30-26-22-18-14-10-4/h11-18,23-30,35-42,84-89,96-99H,7-10,19-22,31-34,43-83H2,1-6H3/b15-11-,16-12-,17-13-,18-14-,27-23-,28-24-,29-25-,30-26-,39-35-,40-36-,41-37-,42-38-. The van der Waals surface area contributed by atoms with Crippen LogP contribution in [0.2, 0.25) is 0 Å². The van der Waals surface area contributed by atoms with Gasteiger partial charge in [-0.1, -0.05) is 251 Å². The number of ether oxygens (including phenoxy) is 2. The number of allylic oxidation sites excluding steroid dienone is 24. The van der Waals surface area contributed by atoms with Crippen LogP contribution in [0, 0.1) is 0 Å². The Balaban J connectivity index is 2.60. The van der Waals surface area contributed by atoms with Crippen molar-refractivity contribution in [2.45, 2.75) is 341 Å². The Labute approximate surface area is 633 Å². The highest BCUT2D eigenvalue weighted by Crippen LogP contribution is 2.19. The molecule has 0 amide bonds. The quantitative estimate of drug-likeness (QED) is 0.0261. The smallest absolute Gasteiger partial charge is 0.305 e. The van der Waals surface area contributed by atoms with Gasteiger partial charge in [0.2, 0.25) is 0 Å². The van der Waals surface area contributed by atoms with Gasteiger partial charge in [0.25, 0.3) is 0 Å². The fraction of sp³-hybridized carbons (Fsp3) is 0.714. The van der Waals surface area contributed by atoms with E-state index in [1.807, 2.05) is 0 Å². The van der Waals surface area contributed by atoms with Gasteiger partial charge in [-0.15, -0.1) is 0 Å². The lowest BCUT2D eigenvalue weighted by Crippen LogP contribution is -2.57. The molecule has 12 nitrogen and oxygen atoms in total. The minimum absolute atomic E-state index is 0.182. The highest BCUT2D eigenvalue weighted by molar-refractivity contribution is 5.69. The molecule has 6 unspecified atom stereocenters. The third kappa shape index (κ3) is 65.5. The molecule has 0 bridgehead atoms. The Hall–Kier alpha value is -4.50. The van der Waals surface area contributed by atoms with Crippen LogP contribution < -0.4 is 0 Å². The van der Waals surface area contributed by atoms with Crippen LogP contribution in [-0.4, -0.2) is 167 Å². The fourth-order valence-electron chi connectivity index (χ4n) is 13.0. The predicted molar refractivity (Wildman–Crippen MR) is 443 cm³/mol. The number of carbonyl (C=O) groups is 2. The van der Waals surface area contributed by atoms with Gasteiger partial charge < -0.3 is 29.9 Å². The largest absolute Gasteiger partial charge is 0.464 e. The van der Waals surface area contributed by atoms with E-state index >= 15 is 0 Å². The molecule has 0 aromatic heterocycles. The molecule has 1 aliphatic rings. The molecule has 1 fully saturated rings. The summed E-state index contributed by atoms with van der Waals surface area (Å²) in [5, 5.41) is 44.8. The topological polar surface area (TPSA) is 146 Å². The summed E-state index contributed by atoms with van der Waals surface area (Å²) in [5.41, 5.74) is 0. The second kappa shape index (κ2) is 74.4. The van der Waals surface area contributed by atoms with E-state index in [2.05, 4.69) is 207 Å². The van der Waals surface area contributed by atoms with E-state index in [-0.39, 0.29) is 24.0 Å². The van der Waals surface area contributed by atoms with E-state index in [1.165, 1.54) is 12.8 Å². The highest BCUT2D eigenvalue weighted by atomic mass is 16.5. The molecule has 590 valence electrons. The van der Waals surface area contributed by atoms with Crippen molar-refractivity contribution >= 4 is 11.9 Å². The first-order valence-corrected chi connectivity index (χ1v) is 42.2. The van der Waals surface area contributed by atoms with E-state index < -0.39 is 24.4 Å². The summed E-state index contributed by atoms with van der Waals surface area (Å²) in [6, 6.07) is 0.493. The summed E-state index contributed by atoms with van der Waals surface area (Å²) < 4.78 is 11.6. The first-order valence-electron chi connectivity index (χ1n) is 42.2. The van der Waals surface area contributed by atoms with Crippen molar-refractivity contribution in [3.63, 3.8) is 0 Å². The van der Waals surface area contributed by atoms with Crippen LogP contribution in [0.15, 0.2) is 146 Å². The Morgan fingerprint density at radius 1 is 0.330 bits per heavy atom. The van der Waals surface area contributed by atoms with Crippen LogP contribution in [0.4, 0.5) is 0 Å². The monoisotopic (exact) mass is 1440 g/mol. The molecule has 1 saturated heterocycles. The molecule has 1 heterocycles. The Kier molecular flexibility index (Phi) is 69.7. The minimum Gasteiger partial charge on any atom is -0.464 e. The number of esters is 2. The van der Waals surface area contributed by atoms with Gasteiger partial charge in [-0.05, 0) is 200 Å². The van der Waals surface area contributed by atoms with Crippen molar-refractivity contribution in [3.8, 4) is 0 Å². The number of rotatable bonds is 71. The molecule has 0 aromatic carbocycles. The number of carbonyl (C=O) groups excluding carboxylic acids is 2. The molecule has 4 N–H and O–H groups in total. The maximum Gasteiger partial charge on any atom is 0.305 e. The van der Waals surface area contributed by atoms with Crippen LogP contribution in [0.1, 0.15) is 305 Å². The number of aliphatic hydroxyl groups is 4. The van der Waals surface area contributed by atoms with Gasteiger partial charge in [-0.3, -0.25) is 29.2 Å². The van der Waals surface area contributed by atoms with Crippen molar-refractivity contribution in [3.05, 3.63) is 146 Å². The van der Waals surface area contributed by atoms with Gasteiger partial charge in [0.15, 0.2) is 0 Å². The average molecular weight is 1440 g/mol. The maximum absolute atomic E-state index is 13.1. The highest BCUT2D eigenvalue weighted by Gasteiger charge is 2.29. The SMILES string of the molecule is CC/C=C\C/C=C\C/C=C\CCCCCCC(O)CN(CCCCC(=O)OCCN1CC(C)N(CCOC(=O)CCCN(CC(O)CCCCCC/C=C\C/C=C\C/C=C\CC)CC(O)CCCCCC/C=C\C/C=C\C/C=C\CC)CC1C)CC(O)CCCCCC/C=C\C/C=C\C/C=C\CC. The number of unbranched alkanes of at least 4 members (excludes halogenated alkanes) is 17. The molecule has 1 rings (SSSR count). The molecule has 0 aromatic rings. The van der Waals surface area contributed by atoms with Crippen molar-refractivity contribution < 1.29 is 39.5 Å². The summed E-state index contributed by atoms with van der Waals surface area (Å²) in [6.07, 6.45) is 91.8. The van der Waals surface area contributed by atoms with Gasteiger partial charge in [0.05, 0.1) is 24.4 Å². The van der Waals surface area contributed by atoms with E-state index in [4.69, 9.17) is 9.47 Å². The van der Waals surface area contributed by atoms with Crippen LogP contribution >= 0.6 is 0 Å². The Morgan fingerprint density at radius 3 is 0.854 bits per heavy atom. The van der Waals surface area contributed by atoms with E-state index in [0.717, 1.165) is 244 Å². The summed E-state index contributed by atoms with van der Waals surface area (Å²) in [7, 11) is 0. The number of nitrogens with zero attached hydrogens (tertiary/aromatic N) is 4. The summed E-state index contributed by atoms with van der Waals surface area (Å²) >= 11 is 0. The lowest BCUT2D eigenvalue weighted by atomic mass is 10.1. The van der Waals surface area contributed by atoms with Crippen LogP contribution in [0.25, 0.3) is 0 Å². The molecule has 6 atom stereocenters. The van der Waals surface area contributed by atoms with Crippen LogP contribution in [0.5, 0.6) is 0 Å². The third-order valence-electron chi connectivity index (χ3n) is 19.1. The van der Waals surface area contributed by atoms with Gasteiger partial charge >= 0.3 is 11.9 Å². The number of aliphatic hydroxyl groups excluding tert-OH is 4. The Bertz CT molecular complexity index is 2180. The zero-order valence-corrected chi connectivity index (χ0v) is 67.0. The molecule has 12 heteroatoms. The zero-order chi connectivity index (χ0) is 74.8. The number of hydrogen-bond acceptors (Lipinski definition) is 12. The second-order valence-corrected chi connectivity index (χ2v) is 29.0. The molecule has 1 aliphatic heterocycles. The second-order valence-electron chi connectivity index (χ2n) is 29.0. The fourth-order valence-corrected chi connectivity index (χ4v) is 13.0. The van der Waals surface area contributed by atoms with Gasteiger partial charge in [0, 0.05) is 77.3 Å². The summed E-state index contributed by atoms with van der Waals surface area (Å²) in [5.74, 6) is -0.392. The third-order valence-corrected chi connectivity index (χ3v) is 19.1. The van der Waals surface area contributed by atoms with E-state index in [1.54, 1.807) is 0 Å². The number of hydrogen-bond donors (Lipinski definition) is 4. The minimum atomic E-state index is -0.479. The van der Waals surface area contributed by atoms with Crippen LogP contribution in [0.3, 0.4) is 0 Å². The summed E-state index contributed by atoms with van der Waals surface area (Å²) in [4.78, 5) is 35.4. The molecule has 0 aliphatic carbocycles. The van der Waals surface area contributed by atoms with Gasteiger partial charge in [0.1, 0.15) is 13.2 Å². The molecule has 0 radical (unpaired) electrons. The van der Waals surface area contributed by atoms with E-state index in [0.29, 0.717) is 84.7 Å². The zero-order valence-electron chi connectivity index (χ0n) is 67.0. The molecule has 0 saturated carbocycles. The first kappa shape index (κ1) is 96.5. The number of piperazine rings is 1. The van der Waals surface area contributed by atoms with Gasteiger partial charge in [-0.25, -0.2) is 0 Å². The van der Waals surface area contributed by atoms with Crippen molar-refractivity contribution in [1.29, 1.82) is 0 Å². The molecular weight excluding hydrogens is 1280 g/mol. The predicted octanol–water partition coefficient (Wildman–Crippen LogP) is 21.3. The summed E-state index contributed by atoms with van der Waals surface area (Å²) in [6.45, 7) is 20.1. The average Bonchev–Trinajstić information content (AvgIpc) is 0.850. The lowest BCUT2D eigenvalue weighted by Gasteiger charge is -2.44.